The molecular formula is C15H26N2O2S. The molecule has 0 saturated carbocycles. The lowest BCUT2D eigenvalue weighted by Gasteiger charge is -2.31. The topological polar surface area (TPSA) is 72.2 Å². The minimum Gasteiger partial charge on any atom is -0.398 e. The molecule has 0 unspecified atom stereocenters. The van der Waals surface area contributed by atoms with Gasteiger partial charge in [0.15, 0.2) is 0 Å². The van der Waals surface area contributed by atoms with Crippen LogP contribution in [0.4, 0.5) is 5.69 Å². The third kappa shape index (κ3) is 3.33. The Bertz CT molecular complexity index is 544. The second-order valence-corrected chi connectivity index (χ2v) is 7.08. The van der Waals surface area contributed by atoms with Gasteiger partial charge in [-0.2, -0.15) is 0 Å². The summed E-state index contributed by atoms with van der Waals surface area (Å²) in [6.07, 6.45) is 2.29. The van der Waals surface area contributed by atoms with Crippen molar-refractivity contribution in [3.05, 3.63) is 23.3 Å². The van der Waals surface area contributed by atoms with Crippen LogP contribution in [0.3, 0.4) is 0 Å². The molecule has 0 heterocycles. The summed E-state index contributed by atoms with van der Waals surface area (Å²) in [7, 11) is -3.55. The van der Waals surface area contributed by atoms with E-state index in [1.807, 2.05) is 34.6 Å². The van der Waals surface area contributed by atoms with Crippen LogP contribution in [0.15, 0.2) is 17.0 Å². The fourth-order valence-corrected chi connectivity index (χ4v) is 4.05. The quantitative estimate of drug-likeness (QED) is 0.792. The molecule has 0 fully saturated rings. The van der Waals surface area contributed by atoms with Crippen molar-refractivity contribution >= 4 is 15.7 Å². The Kier molecular flexibility index (Phi) is 5.21. The lowest BCUT2D eigenvalue weighted by molar-refractivity contribution is 0.341. The Hall–Kier alpha value is -1.07. The molecule has 20 heavy (non-hydrogen) atoms. The van der Waals surface area contributed by atoms with Crippen LogP contribution in [0, 0.1) is 13.8 Å². The van der Waals surface area contributed by atoms with Gasteiger partial charge in [0, 0.05) is 11.2 Å². The normalized spacial score (nSPS) is 12.7. The number of anilines is 1. The first-order chi connectivity index (χ1) is 9.21. The molecule has 3 N–H and O–H groups in total. The molecule has 0 radical (unpaired) electrons. The number of rotatable bonds is 6. The maximum Gasteiger partial charge on any atom is 0.241 e. The Morgan fingerprint density at radius 1 is 1.10 bits per heavy atom. The third-order valence-electron chi connectivity index (χ3n) is 4.37. The van der Waals surface area contributed by atoms with Gasteiger partial charge in [0.05, 0.1) is 4.90 Å². The summed E-state index contributed by atoms with van der Waals surface area (Å²) in [6, 6.07) is 3.22. The molecular weight excluding hydrogens is 272 g/mol. The van der Waals surface area contributed by atoms with E-state index in [2.05, 4.69) is 4.72 Å². The number of sulfonamides is 1. The molecule has 1 rings (SSSR count). The van der Waals surface area contributed by atoms with Gasteiger partial charge in [-0.25, -0.2) is 13.1 Å². The molecule has 114 valence electrons. The lowest BCUT2D eigenvalue weighted by atomic mass is 9.91. The number of hydrogen-bond acceptors (Lipinski definition) is 3. The molecule has 0 aliphatic heterocycles. The lowest BCUT2D eigenvalue weighted by Crippen LogP contribution is -2.46. The van der Waals surface area contributed by atoms with E-state index in [9.17, 15) is 8.42 Å². The Labute approximate surface area is 122 Å². The summed E-state index contributed by atoms with van der Waals surface area (Å²) < 4.78 is 28.0. The minimum absolute atomic E-state index is 0.248. The van der Waals surface area contributed by atoms with Gasteiger partial charge in [-0.1, -0.05) is 20.8 Å². The van der Waals surface area contributed by atoms with E-state index in [0.29, 0.717) is 5.69 Å². The zero-order valence-corrected chi connectivity index (χ0v) is 13.9. The molecule has 0 spiro atoms. The van der Waals surface area contributed by atoms with E-state index >= 15 is 0 Å². The highest BCUT2D eigenvalue weighted by molar-refractivity contribution is 7.89. The van der Waals surface area contributed by atoms with E-state index in [1.165, 1.54) is 6.07 Å². The van der Waals surface area contributed by atoms with Crippen LogP contribution in [0.25, 0.3) is 0 Å². The van der Waals surface area contributed by atoms with Gasteiger partial charge in [-0.05, 0) is 56.4 Å². The maximum absolute atomic E-state index is 12.6. The number of aryl methyl sites for hydroxylation is 1. The van der Waals surface area contributed by atoms with Gasteiger partial charge in [0.1, 0.15) is 0 Å². The Morgan fingerprint density at radius 2 is 1.60 bits per heavy atom. The van der Waals surface area contributed by atoms with Crippen LogP contribution in [-0.4, -0.2) is 14.0 Å². The average molecular weight is 298 g/mol. The number of hydrogen-bond donors (Lipinski definition) is 2. The van der Waals surface area contributed by atoms with Gasteiger partial charge >= 0.3 is 0 Å². The van der Waals surface area contributed by atoms with Crippen LogP contribution < -0.4 is 10.5 Å². The highest BCUT2D eigenvalue weighted by atomic mass is 32.2. The van der Waals surface area contributed by atoms with Gasteiger partial charge in [0.25, 0.3) is 0 Å². The number of benzene rings is 1. The van der Waals surface area contributed by atoms with Crippen molar-refractivity contribution in [2.24, 2.45) is 0 Å². The van der Waals surface area contributed by atoms with Crippen molar-refractivity contribution in [3.8, 4) is 0 Å². The fourth-order valence-electron chi connectivity index (χ4n) is 2.32. The van der Waals surface area contributed by atoms with Crippen LogP contribution in [0.5, 0.6) is 0 Å². The zero-order valence-electron chi connectivity index (χ0n) is 13.1. The fraction of sp³-hybridized carbons (Fsp3) is 0.600. The summed E-state index contributed by atoms with van der Waals surface area (Å²) >= 11 is 0. The SMILES string of the molecule is CCC(CC)(CC)NS(=O)(=O)c1cc(C)c(C)c(N)c1. The molecule has 0 aliphatic rings. The predicted octanol–water partition coefficient (Wildman–Crippen LogP) is 3.13. The van der Waals surface area contributed by atoms with Gasteiger partial charge < -0.3 is 5.73 Å². The summed E-state index contributed by atoms with van der Waals surface area (Å²) in [5, 5.41) is 0. The van der Waals surface area contributed by atoms with Crippen molar-refractivity contribution in [2.75, 3.05) is 5.73 Å². The van der Waals surface area contributed by atoms with E-state index in [-0.39, 0.29) is 10.4 Å². The predicted molar refractivity (Wildman–Crippen MR) is 84.3 cm³/mol. The van der Waals surface area contributed by atoms with Crippen molar-refractivity contribution in [3.63, 3.8) is 0 Å². The molecule has 4 nitrogen and oxygen atoms in total. The third-order valence-corrected chi connectivity index (χ3v) is 5.93. The number of nitrogens with two attached hydrogens (primary N) is 1. The van der Waals surface area contributed by atoms with Gasteiger partial charge in [0.2, 0.25) is 10.0 Å². The molecule has 0 bridgehead atoms. The smallest absolute Gasteiger partial charge is 0.241 e. The van der Waals surface area contributed by atoms with Gasteiger partial charge in [-0.15, -0.1) is 0 Å². The number of nitrogen functional groups attached to an aromatic ring is 1. The van der Waals surface area contributed by atoms with Crippen LogP contribution in [0.1, 0.15) is 51.2 Å². The first-order valence-corrected chi connectivity index (χ1v) is 8.60. The molecule has 1 aromatic rings. The van der Waals surface area contributed by atoms with Crippen LogP contribution in [-0.2, 0) is 10.0 Å². The molecule has 0 aliphatic carbocycles. The summed E-state index contributed by atoms with van der Waals surface area (Å²) in [4.78, 5) is 0.248. The standard InChI is InChI=1S/C15H26N2O2S/c1-6-15(7-2,8-3)17-20(18,19)13-9-11(4)12(5)14(16)10-13/h9-10,17H,6-8,16H2,1-5H3. The molecule has 1 aromatic carbocycles. The Morgan fingerprint density at radius 3 is 2.00 bits per heavy atom. The molecule has 0 atom stereocenters. The van der Waals surface area contributed by atoms with Crippen molar-refractivity contribution < 1.29 is 8.42 Å². The van der Waals surface area contributed by atoms with Crippen molar-refractivity contribution in [2.45, 2.75) is 64.3 Å². The van der Waals surface area contributed by atoms with Crippen molar-refractivity contribution in [1.82, 2.24) is 4.72 Å². The second-order valence-electron chi connectivity index (χ2n) is 5.40. The first-order valence-electron chi connectivity index (χ1n) is 7.12. The highest BCUT2D eigenvalue weighted by Gasteiger charge is 2.30. The summed E-state index contributed by atoms with van der Waals surface area (Å²) in [5.41, 5.74) is 7.84. The maximum atomic E-state index is 12.6. The molecule has 0 saturated heterocycles. The summed E-state index contributed by atoms with van der Waals surface area (Å²) in [6.45, 7) is 9.78. The van der Waals surface area contributed by atoms with E-state index in [1.54, 1.807) is 6.07 Å². The van der Waals surface area contributed by atoms with E-state index in [4.69, 9.17) is 5.73 Å². The number of nitrogens with one attached hydrogen (secondary N) is 1. The second kappa shape index (κ2) is 6.14. The minimum atomic E-state index is -3.55. The van der Waals surface area contributed by atoms with Gasteiger partial charge in [-0.3, -0.25) is 0 Å². The molecule has 5 heteroatoms. The zero-order chi connectivity index (χ0) is 15.6. The molecule has 0 aromatic heterocycles. The highest BCUT2D eigenvalue weighted by Crippen LogP contribution is 2.26. The largest absolute Gasteiger partial charge is 0.398 e. The van der Waals surface area contributed by atoms with E-state index in [0.717, 1.165) is 30.4 Å². The van der Waals surface area contributed by atoms with Crippen LogP contribution in [0.2, 0.25) is 0 Å². The van der Waals surface area contributed by atoms with Crippen molar-refractivity contribution in [1.29, 1.82) is 0 Å². The monoisotopic (exact) mass is 298 g/mol. The average Bonchev–Trinajstić information content (AvgIpc) is 2.41. The van der Waals surface area contributed by atoms with E-state index < -0.39 is 10.0 Å². The Balaban J connectivity index is 3.24. The summed E-state index contributed by atoms with van der Waals surface area (Å²) in [5.74, 6) is 0. The molecule has 0 amide bonds. The van der Waals surface area contributed by atoms with Crippen LogP contribution >= 0.6 is 0 Å². The first kappa shape index (κ1) is 17.0.